The molecule has 3 unspecified atom stereocenters. The first-order valence-corrected chi connectivity index (χ1v) is 46.1. The Hall–Kier alpha value is -4.30. The molecule has 0 radical (unpaired) electrons. The Morgan fingerprint density at radius 1 is 0.385 bits per heavy atom. The van der Waals surface area contributed by atoms with Crippen molar-refractivity contribution in [2.75, 3.05) is 39.6 Å². The van der Waals surface area contributed by atoms with Crippen molar-refractivity contribution in [3.8, 4) is 0 Å². The van der Waals surface area contributed by atoms with Crippen LogP contribution in [0, 0.1) is 0 Å². The fourth-order valence-corrected chi connectivity index (χ4v) is 15.8. The van der Waals surface area contributed by atoms with Crippen LogP contribution in [0.5, 0.6) is 0 Å². The predicted octanol–water partition coefficient (Wildman–Crippen LogP) is 21.8. The van der Waals surface area contributed by atoms with Crippen LogP contribution in [-0.4, -0.2) is 124 Å². The first-order valence-electron chi connectivity index (χ1n) is 44.8. The van der Waals surface area contributed by atoms with Gasteiger partial charge in [0.25, 0.3) is 0 Å². The van der Waals surface area contributed by atoms with Crippen LogP contribution >= 0.6 is 0 Å². The zero-order chi connectivity index (χ0) is 78.0. The van der Waals surface area contributed by atoms with Crippen LogP contribution in [0.1, 0.15) is 365 Å². The van der Waals surface area contributed by atoms with Crippen LogP contribution in [0.15, 0.2) is 91.0 Å². The Balaban J connectivity index is 1.53. The first kappa shape index (κ1) is 97.1. The van der Waals surface area contributed by atoms with E-state index < -0.39 is 71.6 Å². The Bertz CT molecular complexity index is 2700. The summed E-state index contributed by atoms with van der Waals surface area (Å²) in [6.45, 7) is 7.41. The van der Waals surface area contributed by atoms with E-state index in [1.54, 1.807) is 0 Å². The summed E-state index contributed by atoms with van der Waals surface area (Å²) >= 11 is 0. The monoisotopic (exact) mass is 1540 g/mol. The number of aliphatic hydroxyl groups excluding tert-OH is 1. The van der Waals surface area contributed by atoms with E-state index in [1.165, 1.54) is 139 Å². The van der Waals surface area contributed by atoms with Crippen molar-refractivity contribution in [2.24, 2.45) is 0 Å². The topological polar surface area (TPSA) is 217 Å². The van der Waals surface area contributed by atoms with Crippen molar-refractivity contribution in [3.63, 3.8) is 0 Å². The molecule has 0 bridgehead atoms. The van der Waals surface area contributed by atoms with Crippen molar-refractivity contribution in [3.05, 3.63) is 108 Å². The van der Waals surface area contributed by atoms with E-state index in [4.69, 9.17) is 27.9 Å². The molecule has 0 aliphatic carbocycles. The highest BCUT2D eigenvalue weighted by Gasteiger charge is 2.50. The number of benzene rings is 3. The van der Waals surface area contributed by atoms with Gasteiger partial charge in [0.05, 0.1) is 56.8 Å². The molecule has 0 aromatic heterocycles. The number of carbonyl (C=O) groups is 3. The van der Waals surface area contributed by atoms with Gasteiger partial charge >= 0.3 is 10.4 Å². The summed E-state index contributed by atoms with van der Waals surface area (Å²) in [5.74, 6) is -1.13. The maximum absolute atomic E-state index is 14.9. The fraction of sp³-hybridized carbons (Fsp3) is 0.772. The van der Waals surface area contributed by atoms with E-state index in [0.29, 0.717) is 32.7 Å². The van der Waals surface area contributed by atoms with Gasteiger partial charge in [-0.3, -0.25) is 18.9 Å². The fourth-order valence-electron chi connectivity index (χ4n) is 15.2. The Labute approximate surface area is 664 Å². The lowest BCUT2D eigenvalue weighted by atomic mass is 9.93. The Morgan fingerprint density at radius 2 is 0.679 bits per heavy atom. The van der Waals surface area contributed by atoms with Crippen LogP contribution in [0.2, 0.25) is 0 Å². The van der Waals surface area contributed by atoms with Crippen molar-refractivity contribution in [1.29, 1.82) is 0 Å². The van der Waals surface area contributed by atoms with Crippen LogP contribution < -0.4 is 16.0 Å². The quantitative estimate of drug-likeness (QED) is 0.0263. The summed E-state index contributed by atoms with van der Waals surface area (Å²) in [4.78, 5) is 43.8. The lowest BCUT2D eigenvalue weighted by Crippen LogP contribution is -2.70. The lowest BCUT2D eigenvalue weighted by molar-refractivity contribution is -0.245. The Morgan fingerprint density at radius 3 is 1.00 bits per heavy atom. The molecule has 1 heterocycles. The predicted molar refractivity (Wildman–Crippen MR) is 447 cm³/mol. The smallest absolute Gasteiger partial charge is 0.394 e. The molecule has 1 aliphatic rings. The van der Waals surface area contributed by atoms with Gasteiger partial charge in [-0.05, 0) is 93.7 Å². The molecule has 1 fully saturated rings. The second-order valence-electron chi connectivity index (χ2n) is 31.6. The van der Waals surface area contributed by atoms with Gasteiger partial charge in [-0.1, -0.05) is 362 Å². The van der Waals surface area contributed by atoms with Gasteiger partial charge in [0.15, 0.2) is 6.29 Å². The number of hydrogen-bond acceptors (Lipinski definition) is 12. The third kappa shape index (κ3) is 52.7. The normalized spacial score (nSPS) is 16.8. The van der Waals surface area contributed by atoms with Gasteiger partial charge in [0.1, 0.15) is 18.2 Å². The van der Waals surface area contributed by atoms with E-state index in [2.05, 4.69) is 128 Å². The number of hydrogen-bond donors (Lipinski definition) is 5. The summed E-state index contributed by atoms with van der Waals surface area (Å²) < 4.78 is 74.3. The van der Waals surface area contributed by atoms with E-state index in [0.717, 1.165) is 193 Å². The molecule has 0 spiro atoms. The third-order valence-electron chi connectivity index (χ3n) is 21.8. The molecular weight excluding hydrogens is 1390 g/mol. The van der Waals surface area contributed by atoms with E-state index in [9.17, 15) is 32.5 Å². The molecule has 3 aromatic carbocycles. The number of aryl methyl sites for hydroxylation is 3. The van der Waals surface area contributed by atoms with E-state index >= 15 is 0 Å². The van der Waals surface area contributed by atoms with Crippen LogP contribution in [0.3, 0.4) is 0 Å². The number of nitrogens with one attached hydrogen (secondary N) is 3. The molecule has 3 aromatic rings. The van der Waals surface area contributed by atoms with Crippen LogP contribution in [-0.2, 0) is 71.9 Å². The zero-order valence-electron chi connectivity index (χ0n) is 69.0. The maximum atomic E-state index is 14.9. The molecule has 1 saturated heterocycles. The molecule has 109 heavy (non-hydrogen) atoms. The Kier molecular flexibility index (Phi) is 59.7. The van der Waals surface area contributed by atoms with Gasteiger partial charge in [-0.15, -0.1) is 0 Å². The van der Waals surface area contributed by atoms with Gasteiger partial charge in [0.2, 0.25) is 17.7 Å². The summed E-state index contributed by atoms with van der Waals surface area (Å²) in [6, 6.07) is 29.2. The molecule has 0 saturated carbocycles. The maximum Gasteiger partial charge on any atom is 0.397 e. The van der Waals surface area contributed by atoms with Gasteiger partial charge in [-0.25, -0.2) is 4.18 Å². The molecule has 16 nitrogen and oxygen atoms in total. The second kappa shape index (κ2) is 67.1. The molecule has 1 aliphatic heterocycles. The summed E-state index contributed by atoms with van der Waals surface area (Å²) in [6.07, 6.45) is 50.6. The third-order valence-corrected chi connectivity index (χ3v) is 22.2. The molecule has 8 atom stereocenters. The summed E-state index contributed by atoms with van der Waals surface area (Å²) in [5.41, 5.74) is 4.12. The first-order chi connectivity index (χ1) is 53.4. The largest absolute Gasteiger partial charge is 0.397 e. The zero-order valence-corrected chi connectivity index (χ0v) is 69.8. The molecule has 4 rings (SSSR count). The minimum atomic E-state index is -5.24. The van der Waals surface area contributed by atoms with Crippen molar-refractivity contribution >= 4 is 28.1 Å². The number of unbranched alkanes of at least 4 members (excludes halogenated alkanes) is 39. The second-order valence-corrected chi connectivity index (χ2v) is 32.7. The molecular formula is C92H157N3O13S. The van der Waals surface area contributed by atoms with Crippen molar-refractivity contribution < 1.29 is 60.3 Å². The van der Waals surface area contributed by atoms with E-state index in [1.807, 2.05) is 0 Å². The highest BCUT2D eigenvalue weighted by Crippen LogP contribution is 2.28. The standard InChI is InChI=1S/C92H157N3O13S/c1-4-7-10-13-16-19-22-34-52-67-82(103-71-55-37-28-25-31-43-58-79-61-46-40-47-62-79)75-86(97)93-70-74-106-92-90(95-88(99)77-84(69-54-36-24-21-18-15-12-9-6-3)105-73-57-39-30-27-33-45-60-81-65-50-42-51-66-81)89(91(85(78-96)107-92)108-109(100,101)102)94-87(98)76-83(68-53-35-23-20-17-14-11-8-5-2)104-72-56-38-29-26-32-44-59-80-63-48-41-49-64-80/h40-42,46-51,61-66,82-85,89-92,96H,4-39,43-45,52-60,67-78H2,1-3H3,(H,93,97)(H,94,98)(H,95,99)(H,100,101,102)/t82-,83-,84-,85?,89?,90?,91-,92-/m1/s1. The highest BCUT2D eigenvalue weighted by molar-refractivity contribution is 7.80. The van der Waals surface area contributed by atoms with Gasteiger partial charge in [0, 0.05) is 26.4 Å². The minimum absolute atomic E-state index is 0.0382. The summed E-state index contributed by atoms with van der Waals surface area (Å²) in [7, 11) is -5.24. The van der Waals surface area contributed by atoms with Gasteiger partial charge < -0.3 is 44.7 Å². The average molecular weight is 1550 g/mol. The highest BCUT2D eigenvalue weighted by atomic mass is 32.3. The SMILES string of the molecule is CCCCCCCCCCC[C@H](CC(=O)NCCO[C@@H]1OC(CO)[C@@H](OS(=O)(=O)O)C(NC(=O)C[C@@H](CCCCCCCCCCC)OCCCCCCCCc2ccccc2)C1NC(=O)C[C@@H](CCCCCCCCCCC)OCCCCCCCCc1ccccc1)OCCCCCCCCc1ccccc1. The number of rotatable bonds is 75. The molecule has 3 amide bonds. The van der Waals surface area contributed by atoms with Gasteiger partial charge in [-0.2, -0.15) is 8.42 Å². The number of carbonyl (C=O) groups excluding carboxylic acids is 3. The molecule has 17 heteroatoms. The molecule has 624 valence electrons. The number of ether oxygens (including phenoxy) is 5. The lowest BCUT2D eigenvalue weighted by Gasteiger charge is -2.45. The van der Waals surface area contributed by atoms with E-state index in [-0.39, 0.29) is 44.4 Å². The molecule has 5 N–H and O–H groups in total. The average Bonchev–Trinajstić information content (AvgIpc) is 0.781. The van der Waals surface area contributed by atoms with Crippen molar-refractivity contribution in [1.82, 2.24) is 16.0 Å². The van der Waals surface area contributed by atoms with Crippen molar-refractivity contribution in [2.45, 2.75) is 416 Å². The van der Waals surface area contributed by atoms with Crippen LogP contribution in [0.25, 0.3) is 0 Å². The number of amides is 3. The number of aliphatic hydroxyl groups is 1. The minimum Gasteiger partial charge on any atom is -0.394 e. The van der Waals surface area contributed by atoms with Crippen LogP contribution in [0.4, 0.5) is 0 Å². The summed E-state index contributed by atoms with van der Waals surface area (Å²) in [5, 5.41) is 20.2.